The number of guanidine groups is 1. The molecule has 1 aromatic rings. The molecule has 0 saturated carbocycles. The van der Waals surface area contributed by atoms with E-state index in [-0.39, 0.29) is 5.60 Å². The van der Waals surface area contributed by atoms with Crippen LogP contribution in [0.15, 0.2) is 17.1 Å². The van der Waals surface area contributed by atoms with Crippen LogP contribution in [0.4, 0.5) is 0 Å². The van der Waals surface area contributed by atoms with Crippen molar-refractivity contribution >= 4 is 40.8 Å². The summed E-state index contributed by atoms with van der Waals surface area (Å²) in [6.45, 7) is 5.64. The molecule has 2 rings (SSSR count). The number of ether oxygens (including phenoxy) is 3. The molecule has 0 spiro atoms. The number of nitrogens with zero attached hydrogens (tertiary/aromatic N) is 1. The van der Waals surface area contributed by atoms with Crippen LogP contribution in [0.25, 0.3) is 0 Å². The van der Waals surface area contributed by atoms with Gasteiger partial charge in [-0.1, -0.05) is 34.8 Å². The van der Waals surface area contributed by atoms with E-state index in [1.54, 1.807) is 19.2 Å². The fourth-order valence-corrected chi connectivity index (χ4v) is 3.65. The van der Waals surface area contributed by atoms with E-state index >= 15 is 0 Å². The predicted octanol–water partition coefficient (Wildman–Crippen LogP) is 3.78. The van der Waals surface area contributed by atoms with Gasteiger partial charge < -0.3 is 24.8 Å². The number of methoxy groups -OCH3 is 1. The maximum absolute atomic E-state index is 6.12. The summed E-state index contributed by atoms with van der Waals surface area (Å²) in [5.74, 6) is 1.13. The van der Waals surface area contributed by atoms with Crippen molar-refractivity contribution < 1.29 is 14.2 Å². The van der Waals surface area contributed by atoms with Crippen LogP contribution < -0.4 is 15.4 Å². The van der Waals surface area contributed by atoms with Crippen molar-refractivity contribution in [2.45, 2.75) is 25.4 Å². The first-order valence-corrected chi connectivity index (χ1v) is 10.1. The smallest absolute Gasteiger partial charge is 0.191 e. The molecular weight excluding hydrogens is 413 g/mol. The number of hydrogen-bond acceptors (Lipinski definition) is 4. The third-order valence-corrected chi connectivity index (χ3v) is 5.09. The Morgan fingerprint density at radius 1 is 1.19 bits per heavy atom. The van der Waals surface area contributed by atoms with Crippen molar-refractivity contribution in [3.05, 3.63) is 27.2 Å². The Hall–Kier alpha value is -0.920. The highest BCUT2D eigenvalue weighted by Gasteiger charge is 2.32. The lowest BCUT2D eigenvalue weighted by atomic mass is 9.94. The van der Waals surface area contributed by atoms with E-state index in [2.05, 4.69) is 15.6 Å². The quantitative estimate of drug-likeness (QED) is 0.367. The zero-order valence-corrected chi connectivity index (χ0v) is 17.9. The Morgan fingerprint density at radius 2 is 1.85 bits per heavy atom. The molecular formula is C18H26Cl3N3O3. The van der Waals surface area contributed by atoms with Crippen molar-refractivity contribution in [1.82, 2.24) is 10.6 Å². The van der Waals surface area contributed by atoms with Gasteiger partial charge in [0, 0.05) is 44.7 Å². The minimum atomic E-state index is -0.262. The van der Waals surface area contributed by atoms with Crippen molar-refractivity contribution in [3.63, 3.8) is 0 Å². The summed E-state index contributed by atoms with van der Waals surface area (Å²) < 4.78 is 16.8. The fraction of sp³-hybridized carbons (Fsp3) is 0.611. The van der Waals surface area contributed by atoms with Gasteiger partial charge in [-0.3, -0.25) is 4.99 Å². The molecule has 2 N–H and O–H groups in total. The number of hydrogen-bond donors (Lipinski definition) is 2. The molecule has 6 nitrogen and oxygen atoms in total. The maximum atomic E-state index is 6.12. The van der Waals surface area contributed by atoms with Crippen LogP contribution in [0, 0.1) is 0 Å². The summed E-state index contributed by atoms with van der Waals surface area (Å²) >= 11 is 18.1. The second-order valence-electron chi connectivity index (χ2n) is 6.17. The summed E-state index contributed by atoms with van der Waals surface area (Å²) in [6, 6.07) is 3.20. The van der Waals surface area contributed by atoms with E-state index in [9.17, 15) is 0 Å². The van der Waals surface area contributed by atoms with Gasteiger partial charge in [-0.05, 0) is 19.1 Å². The largest absolute Gasteiger partial charge is 0.489 e. The fourth-order valence-electron chi connectivity index (χ4n) is 2.72. The zero-order valence-electron chi connectivity index (χ0n) is 15.6. The highest BCUT2D eigenvalue weighted by atomic mass is 35.5. The standard InChI is InChI=1S/C18H26Cl3N3O3/c1-3-22-17(24-12-18(25-2)4-7-26-8-5-18)23-6-9-27-16-14(20)10-13(19)11-15(16)21/h10-11H,3-9,12H2,1-2H3,(H2,22,23,24). The predicted molar refractivity (Wildman–Crippen MR) is 111 cm³/mol. The zero-order chi connectivity index (χ0) is 19.7. The van der Waals surface area contributed by atoms with Crippen molar-refractivity contribution in [1.29, 1.82) is 0 Å². The van der Waals surface area contributed by atoms with Gasteiger partial charge in [0.25, 0.3) is 0 Å². The lowest BCUT2D eigenvalue weighted by Gasteiger charge is -2.34. The molecule has 1 heterocycles. The summed E-state index contributed by atoms with van der Waals surface area (Å²) in [4.78, 5) is 4.66. The first-order chi connectivity index (χ1) is 13.0. The second kappa shape index (κ2) is 11.2. The van der Waals surface area contributed by atoms with Crippen LogP contribution in [-0.2, 0) is 9.47 Å². The van der Waals surface area contributed by atoms with Gasteiger partial charge in [0.15, 0.2) is 11.7 Å². The third kappa shape index (κ3) is 6.88. The molecule has 1 saturated heterocycles. The Bertz CT molecular complexity index is 615. The molecule has 0 atom stereocenters. The molecule has 9 heteroatoms. The van der Waals surface area contributed by atoms with Gasteiger partial charge >= 0.3 is 0 Å². The van der Waals surface area contributed by atoms with Gasteiger partial charge in [0.2, 0.25) is 0 Å². The maximum Gasteiger partial charge on any atom is 0.191 e. The lowest BCUT2D eigenvalue weighted by molar-refractivity contribution is -0.0828. The van der Waals surface area contributed by atoms with E-state index in [0.717, 1.165) is 19.4 Å². The average molecular weight is 439 g/mol. The van der Waals surface area contributed by atoms with Gasteiger partial charge in [-0.15, -0.1) is 0 Å². The van der Waals surface area contributed by atoms with E-state index in [1.807, 2.05) is 6.92 Å². The van der Waals surface area contributed by atoms with Crippen molar-refractivity contribution in [2.75, 3.05) is 46.6 Å². The third-order valence-electron chi connectivity index (χ3n) is 4.31. The topological polar surface area (TPSA) is 64.1 Å². The number of benzene rings is 1. The van der Waals surface area contributed by atoms with Crippen molar-refractivity contribution in [3.8, 4) is 5.75 Å². The molecule has 0 amide bonds. The summed E-state index contributed by atoms with van der Waals surface area (Å²) in [5, 5.41) is 7.69. The minimum absolute atomic E-state index is 0.262. The molecule has 0 aliphatic carbocycles. The molecule has 0 aromatic heterocycles. The van der Waals surface area contributed by atoms with E-state index in [0.29, 0.717) is 59.7 Å². The molecule has 1 fully saturated rings. The van der Waals surface area contributed by atoms with E-state index in [4.69, 9.17) is 49.0 Å². The molecule has 27 heavy (non-hydrogen) atoms. The average Bonchev–Trinajstić information content (AvgIpc) is 2.65. The van der Waals surface area contributed by atoms with Crippen LogP contribution in [0.3, 0.4) is 0 Å². The van der Waals surface area contributed by atoms with Gasteiger partial charge in [0.05, 0.1) is 28.7 Å². The molecule has 0 unspecified atom stereocenters. The molecule has 1 aromatic carbocycles. The Labute approximate surface area is 175 Å². The molecule has 1 aliphatic rings. The van der Waals surface area contributed by atoms with Crippen LogP contribution in [0.2, 0.25) is 15.1 Å². The number of aliphatic imine (C=N–C) groups is 1. The van der Waals surface area contributed by atoms with Crippen LogP contribution in [-0.4, -0.2) is 58.1 Å². The number of rotatable bonds is 8. The lowest BCUT2D eigenvalue weighted by Crippen LogP contribution is -2.44. The Morgan fingerprint density at radius 3 is 2.44 bits per heavy atom. The molecule has 152 valence electrons. The highest BCUT2D eigenvalue weighted by Crippen LogP contribution is 2.35. The Kier molecular flexibility index (Phi) is 9.26. The van der Waals surface area contributed by atoms with Gasteiger partial charge in [0.1, 0.15) is 6.61 Å². The second-order valence-corrected chi connectivity index (χ2v) is 7.42. The minimum Gasteiger partial charge on any atom is -0.489 e. The monoisotopic (exact) mass is 437 g/mol. The van der Waals surface area contributed by atoms with Gasteiger partial charge in [-0.2, -0.15) is 0 Å². The van der Waals surface area contributed by atoms with Crippen LogP contribution in [0.5, 0.6) is 5.75 Å². The first-order valence-electron chi connectivity index (χ1n) is 8.92. The van der Waals surface area contributed by atoms with Crippen LogP contribution >= 0.6 is 34.8 Å². The summed E-state index contributed by atoms with van der Waals surface area (Å²) in [7, 11) is 1.73. The molecule has 0 bridgehead atoms. The first kappa shape index (κ1) is 22.4. The molecule has 1 aliphatic heterocycles. The number of nitrogens with one attached hydrogen (secondary N) is 2. The summed E-state index contributed by atoms with van der Waals surface area (Å²) in [5.41, 5.74) is -0.262. The highest BCUT2D eigenvalue weighted by molar-refractivity contribution is 6.40. The van der Waals surface area contributed by atoms with E-state index < -0.39 is 0 Å². The SMILES string of the molecule is CCNC(=NCC1(OC)CCOCC1)NCCOc1c(Cl)cc(Cl)cc1Cl. The van der Waals surface area contributed by atoms with Crippen LogP contribution in [0.1, 0.15) is 19.8 Å². The number of halogens is 3. The van der Waals surface area contributed by atoms with E-state index in [1.165, 1.54) is 0 Å². The normalized spacial score (nSPS) is 16.9. The van der Waals surface area contributed by atoms with Gasteiger partial charge in [-0.25, -0.2) is 0 Å². The Balaban J connectivity index is 1.87. The van der Waals surface area contributed by atoms with Crippen molar-refractivity contribution in [2.24, 2.45) is 4.99 Å². The molecule has 0 radical (unpaired) electrons. The summed E-state index contributed by atoms with van der Waals surface area (Å²) in [6.07, 6.45) is 1.67.